The minimum Gasteiger partial charge on any atom is -0.481 e. The Labute approximate surface area is 107 Å². The average Bonchev–Trinajstić information content (AvgIpc) is 2.97. The molecule has 1 aliphatic heterocycles. The molecule has 0 radical (unpaired) electrons. The number of carbonyl (C=O) groups is 1. The average molecular weight is 274 g/mol. The Morgan fingerprint density at radius 1 is 1.44 bits per heavy atom. The fourth-order valence-electron chi connectivity index (χ4n) is 1.68. The van der Waals surface area contributed by atoms with Gasteiger partial charge in [-0.15, -0.1) is 11.3 Å². The van der Waals surface area contributed by atoms with Gasteiger partial charge in [0.1, 0.15) is 6.10 Å². The van der Waals surface area contributed by atoms with Gasteiger partial charge < -0.3 is 24.8 Å². The molecule has 6 nitrogen and oxygen atoms in total. The molecule has 1 aliphatic rings. The summed E-state index contributed by atoms with van der Waals surface area (Å²) in [6, 6.07) is 1.66. The zero-order valence-electron chi connectivity index (χ0n) is 9.48. The smallest absolute Gasteiger partial charge is 0.306 e. The molecule has 7 heteroatoms. The molecule has 2 atom stereocenters. The third-order valence-electron chi connectivity index (χ3n) is 2.58. The number of thiophene rings is 1. The van der Waals surface area contributed by atoms with Crippen LogP contribution in [0.3, 0.4) is 0 Å². The van der Waals surface area contributed by atoms with Crippen LogP contribution in [0, 0.1) is 0 Å². The zero-order valence-corrected chi connectivity index (χ0v) is 10.3. The highest BCUT2D eigenvalue weighted by atomic mass is 32.1. The van der Waals surface area contributed by atoms with Crippen molar-refractivity contribution in [1.29, 1.82) is 0 Å². The highest BCUT2D eigenvalue weighted by Gasteiger charge is 2.25. The Kier molecular flexibility index (Phi) is 4.31. The maximum atomic E-state index is 10.5. The fourth-order valence-corrected chi connectivity index (χ4v) is 2.61. The number of rotatable bonds is 5. The molecule has 1 fully saturated rings. The first-order valence-electron chi connectivity index (χ1n) is 5.47. The monoisotopic (exact) mass is 274 g/mol. The minimum absolute atomic E-state index is 0.424. The molecule has 1 aromatic heterocycles. The molecule has 0 saturated carbocycles. The van der Waals surface area contributed by atoms with Crippen LogP contribution in [0.25, 0.3) is 0 Å². The van der Waals surface area contributed by atoms with Crippen LogP contribution in [-0.4, -0.2) is 40.6 Å². The lowest BCUT2D eigenvalue weighted by Crippen LogP contribution is -2.21. The first kappa shape index (κ1) is 13.4. The lowest BCUT2D eigenvalue weighted by atomic mass is 10.1. The SMILES string of the molecule is O=C(O)CC(O)C(O)c1csc(C2OCCO2)c1. The third-order valence-corrected chi connectivity index (χ3v) is 3.56. The summed E-state index contributed by atoms with van der Waals surface area (Å²) in [4.78, 5) is 11.2. The van der Waals surface area contributed by atoms with E-state index >= 15 is 0 Å². The van der Waals surface area contributed by atoms with Crippen LogP contribution in [0.2, 0.25) is 0 Å². The Morgan fingerprint density at radius 2 is 2.11 bits per heavy atom. The molecule has 100 valence electrons. The molecule has 0 amide bonds. The second-order valence-corrected chi connectivity index (χ2v) is 4.91. The summed E-state index contributed by atoms with van der Waals surface area (Å²) in [5.41, 5.74) is 0.475. The molecule has 0 aromatic carbocycles. The first-order valence-corrected chi connectivity index (χ1v) is 6.35. The van der Waals surface area contributed by atoms with E-state index in [9.17, 15) is 15.0 Å². The van der Waals surface area contributed by atoms with Crippen LogP contribution < -0.4 is 0 Å². The van der Waals surface area contributed by atoms with Crippen LogP contribution in [0.4, 0.5) is 0 Å². The number of aliphatic carboxylic acids is 1. The van der Waals surface area contributed by atoms with Gasteiger partial charge in [0, 0.05) is 0 Å². The predicted molar refractivity (Wildman–Crippen MR) is 62.2 cm³/mol. The number of hydrogen-bond acceptors (Lipinski definition) is 6. The van der Waals surface area contributed by atoms with E-state index in [1.807, 2.05) is 0 Å². The molecule has 0 bridgehead atoms. The molecule has 2 unspecified atom stereocenters. The van der Waals surface area contributed by atoms with Gasteiger partial charge in [-0.25, -0.2) is 0 Å². The highest BCUT2D eigenvalue weighted by molar-refractivity contribution is 7.10. The summed E-state index contributed by atoms with van der Waals surface area (Å²) in [6.07, 6.45) is -3.46. The van der Waals surface area contributed by atoms with Crippen molar-refractivity contribution >= 4 is 17.3 Å². The summed E-state index contributed by atoms with van der Waals surface area (Å²) in [5, 5.41) is 29.5. The highest BCUT2D eigenvalue weighted by Crippen LogP contribution is 2.32. The normalized spacial score (nSPS) is 19.9. The Morgan fingerprint density at radius 3 is 2.72 bits per heavy atom. The van der Waals surface area contributed by atoms with E-state index in [4.69, 9.17) is 14.6 Å². The number of aliphatic hydroxyl groups excluding tert-OH is 2. The number of aliphatic hydroxyl groups is 2. The minimum atomic E-state index is -1.32. The predicted octanol–water partition coefficient (Wildman–Crippen LogP) is 0.663. The second kappa shape index (κ2) is 5.77. The Bertz CT molecular complexity index is 411. The molecule has 0 aliphatic carbocycles. The summed E-state index contributed by atoms with van der Waals surface area (Å²) in [5.74, 6) is -1.15. The number of ether oxygens (including phenoxy) is 2. The van der Waals surface area contributed by atoms with Crippen LogP contribution in [0.5, 0.6) is 0 Å². The van der Waals surface area contributed by atoms with Crippen molar-refractivity contribution in [1.82, 2.24) is 0 Å². The topological polar surface area (TPSA) is 96.2 Å². The van der Waals surface area contributed by atoms with E-state index in [2.05, 4.69) is 0 Å². The van der Waals surface area contributed by atoms with Crippen LogP contribution >= 0.6 is 11.3 Å². The van der Waals surface area contributed by atoms with E-state index in [-0.39, 0.29) is 0 Å². The van der Waals surface area contributed by atoms with Crippen LogP contribution in [0.15, 0.2) is 11.4 Å². The molecular weight excluding hydrogens is 260 g/mol. The maximum absolute atomic E-state index is 10.5. The van der Waals surface area contributed by atoms with Crippen molar-refractivity contribution in [2.24, 2.45) is 0 Å². The van der Waals surface area contributed by atoms with Crippen molar-refractivity contribution in [2.45, 2.75) is 24.9 Å². The Balaban J connectivity index is 2.02. The van der Waals surface area contributed by atoms with Gasteiger partial charge in [0.25, 0.3) is 0 Å². The maximum Gasteiger partial charge on any atom is 0.306 e. The summed E-state index contributed by atoms with van der Waals surface area (Å²) >= 11 is 1.34. The molecular formula is C11H14O6S. The van der Waals surface area contributed by atoms with Crippen molar-refractivity contribution in [3.05, 3.63) is 21.9 Å². The van der Waals surface area contributed by atoms with Gasteiger partial charge in [-0.3, -0.25) is 4.79 Å². The largest absolute Gasteiger partial charge is 0.481 e. The second-order valence-electron chi connectivity index (χ2n) is 3.97. The van der Waals surface area contributed by atoms with Gasteiger partial charge in [0.15, 0.2) is 6.29 Å². The number of hydrogen-bond donors (Lipinski definition) is 3. The quantitative estimate of drug-likeness (QED) is 0.730. The molecule has 2 rings (SSSR count). The molecule has 2 heterocycles. The summed E-state index contributed by atoms with van der Waals surface area (Å²) in [7, 11) is 0. The van der Waals surface area contributed by atoms with Gasteiger partial charge in [-0.05, 0) is 17.0 Å². The van der Waals surface area contributed by atoms with E-state index in [0.29, 0.717) is 18.8 Å². The molecule has 0 spiro atoms. The van der Waals surface area contributed by atoms with E-state index in [1.165, 1.54) is 11.3 Å². The van der Waals surface area contributed by atoms with E-state index in [1.54, 1.807) is 11.4 Å². The number of carboxylic acids is 1. The van der Waals surface area contributed by atoms with Crippen molar-refractivity contribution in [3.63, 3.8) is 0 Å². The Hall–Kier alpha value is -0.990. The molecule has 1 saturated heterocycles. The molecule has 18 heavy (non-hydrogen) atoms. The van der Waals surface area contributed by atoms with Gasteiger partial charge in [0.2, 0.25) is 0 Å². The van der Waals surface area contributed by atoms with E-state index < -0.39 is 30.9 Å². The number of carboxylic acid groups (broad SMARTS) is 1. The summed E-state index contributed by atoms with van der Waals surface area (Å²) in [6.45, 7) is 1.06. The first-order chi connectivity index (χ1) is 8.58. The lowest BCUT2D eigenvalue weighted by molar-refractivity contribution is -0.141. The molecule has 3 N–H and O–H groups in total. The van der Waals surface area contributed by atoms with E-state index in [0.717, 1.165) is 4.88 Å². The third kappa shape index (κ3) is 3.06. The lowest BCUT2D eigenvalue weighted by Gasteiger charge is -2.14. The van der Waals surface area contributed by atoms with Gasteiger partial charge in [0.05, 0.1) is 30.6 Å². The standard InChI is InChI=1S/C11H14O6S/c12-7(4-9(13)14)10(15)6-3-8(18-5-6)11-16-1-2-17-11/h3,5,7,10-12,15H,1-2,4H2,(H,13,14). The van der Waals surface area contributed by atoms with Gasteiger partial charge in [-0.2, -0.15) is 0 Å². The van der Waals surface area contributed by atoms with Gasteiger partial charge in [-0.1, -0.05) is 0 Å². The van der Waals surface area contributed by atoms with Crippen LogP contribution in [0.1, 0.15) is 29.3 Å². The zero-order chi connectivity index (χ0) is 13.1. The summed E-state index contributed by atoms with van der Waals surface area (Å²) < 4.78 is 10.6. The van der Waals surface area contributed by atoms with Gasteiger partial charge >= 0.3 is 5.97 Å². The van der Waals surface area contributed by atoms with Crippen molar-refractivity contribution in [2.75, 3.05) is 13.2 Å². The van der Waals surface area contributed by atoms with Crippen molar-refractivity contribution < 1.29 is 29.6 Å². The fraction of sp³-hybridized carbons (Fsp3) is 0.545. The molecule has 1 aromatic rings. The van der Waals surface area contributed by atoms with Crippen LogP contribution in [-0.2, 0) is 14.3 Å². The van der Waals surface area contributed by atoms with Crippen molar-refractivity contribution in [3.8, 4) is 0 Å².